The Labute approximate surface area is 121 Å². The number of hydrogen-bond acceptors (Lipinski definition) is 2. The second kappa shape index (κ2) is 7.28. The van der Waals surface area contributed by atoms with E-state index in [-0.39, 0.29) is 0 Å². The monoisotopic (exact) mass is 281 g/mol. The van der Waals surface area contributed by atoms with Gasteiger partial charge in [0.1, 0.15) is 0 Å². The minimum Gasteiger partial charge on any atom is -0.396 e. The van der Waals surface area contributed by atoms with Crippen LogP contribution < -0.4 is 5.32 Å². The Morgan fingerprint density at radius 2 is 1.84 bits per heavy atom. The van der Waals surface area contributed by atoms with Crippen LogP contribution in [0, 0.1) is 11.8 Å². The first-order valence-corrected chi connectivity index (χ1v) is 7.68. The Hall–Kier alpha value is -0.570. The van der Waals surface area contributed by atoms with E-state index >= 15 is 0 Å². The van der Waals surface area contributed by atoms with Crippen molar-refractivity contribution >= 4 is 11.6 Å². The predicted molar refractivity (Wildman–Crippen MR) is 80.4 cm³/mol. The molecule has 0 radical (unpaired) electrons. The number of benzene rings is 1. The van der Waals surface area contributed by atoms with Crippen LogP contribution in [0.2, 0.25) is 5.02 Å². The summed E-state index contributed by atoms with van der Waals surface area (Å²) >= 11 is 5.90. The first kappa shape index (κ1) is 14.8. The lowest BCUT2D eigenvalue weighted by Crippen LogP contribution is -2.33. The van der Waals surface area contributed by atoms with E-state index in [1.54, 1.807) is 0 Å². The van der Waals surface area contributed by atoms with Gasteiger partial charge in [-0.05, 0) is 55.8 Å². The van der Waals surface area contributed by atoms with Crippen molar-refractivity contribution in [3.05, 3.63) is 34.9 Å². The van der Waals surface area contributed by atoms with Gasteiger partial charge in [0.05, 0.1) is 0 Å². The second-order valence-corrected chi connectivity index (χ2v) is 6.11. The largest absolute Gasteiger partial charge is 0.396 e. The van der Waals surface area contributed by atoms with Crippen LogP contribution >= 0.6 is 11.6 Å². The first-order valence-electron chi connectivity index (χ1n) is 7.30. The van der Waals surface area contributed by atoms with Crippen molar-refractivity contribution in [3.8, 4) is 0 Å². The molecule has 1 aliphatic rings. The molecule has 0 aliphatic heterocycles. The molecule has 0 amide bonds. The van der Waals surface area contributed by atoms with Gasteiger partial charge in [-0.25, -0.2) is 0 Å². The predicted octanol–water partition coefficient (Wildman–Crippen LogP) is 3.79. The van der Waals surface area contributed by atoms with Gasteiger partial charge in [0.15, 0.2) is 0 Å². The van der Waals surface area contributed by atoms with Crippen LogP contribution in [-0.2, 0) is 0 Å². The zero-order valence-electron chi connectivity index (χ0n) is 11.6. The Morgan fingerprint density at radius 1 is 1.21 bits per heavy atom. The molecule has 2 nitrogen and oxygen atoms in total. The number of nitrogens with one attached hydrogen (secondary N) is 1. The minimum absolute atomic E-state index is 0.332. The van der Waals surface area contributed by atoms with Gasteiger partial charge in [-0.1, -0.05) is 36.6 Å². The highest BCUT2D eigenvalue weighted by Gasteiger charge is 2.24. The lowest BCUT2D eigenvalue weighted by Gasteiger charge is -2.31. The van der Waals surface area contributed by atoms with E-state index in [1.165, 1.54) is 31.2 Å². The highest BCUT2D eigenvalue weighted by atomic mass is 35.5. The van der Waals surface area contributed by atoms with Gasteiger partial charge in [0.2, 0.25) is 0 Å². The van der Waals surface area contributed by atoms with Crippen LogP contribution in [0.4, 0.5) is 0 Å². The van der Waals surface area contributed by atoms with Crippen LogP contribution in [-0.4, -0.2) is 18.3 Å². The minimum atomic E-state index is 0.332. The van der Waals surface area contributed by atoms with E-state index in [0.29, 0.717) is 24.5 Å². The molecule has 2 rings (SSSR count). The van der Waals surface area contributed by atoms with Crippen LogP contribution in [0.25, 0.3) is 0 Å². The van der Waals surface area contributed by atoms with Crippen LogP contribution in [0.3, 0.4) is 0 Å². The van der Waals surface area contributed by atoms with Gasteiger partial charge in [-0.15, -0.1) is 0 Å². The van der Waals surface area contributed by atoms with E-state index in [1.807, 2.05) is 12.1 Å². The molecule has 0 saturated heterocycles. The van der Waals surface area contributed by atoms with Gasteiger partial charge in [-0.2, -0.15) is 0 Å². The van der Waals surface area contributed by atoms with Gasteiger partial charge in [0, 0.05) is 17.7 Å². The fraction of sp³-hybridized carbons (Fsp3) is 0.625. The summed E-state index contributed by atoms with van der Waals surface area (Å²) < 4.78 is 0. The molecule has 0 bridgehead atoms. The standard InChI is InChI=1S/C16H24ClNO/c1-12(13-6-8-16(17)9-7-13)18-10-14-4-2-3-5-15(14)11-19/h6-9,12,14-15,18-19H,2-5,10-11H2,1H3. The van der Waals surface area contributed by atoms with Gasteiger partial charge in [0.25, 0.3) is 0 Å². The van der Waals surface area contributed by atoms with Crippen molar-refractivity contribution in [1.82, 2.24) is 5.32 Å². The van der Waals surface area contributed by atoms with E-state index in [2.05, 4.69) is 24.4 Å². The summed E-state index contributed by atoms with van der Waals surface area (Å²) in [5.74, 6) is 1.10. The van der Waals surface area contributed by atoms with Crippen LogP contribution in [0.1, 0.15) is 44.2 Å². The van der Waals surface area contributed by atoms with Crippen molar-refractivity contribution < 1.29 is 5.11 Å². The van der Waals surface area contributed by atoms with Crippen molar-refractivity contribution in [2.24, 2.45) is 11.8 Å². The van der Waals surface area contributed by atoms with Crippen molar-refractivity contribution in [1.29, 1.82) is 0 Å². The Bertz CT molecular complexity index is 379. The summed E-state index contributed by atoms with van der Waals surface area (Å²) in [6.45, 7) is 3.51. The van der Waals surface area contributed by atoms with Gasteiger partial charge < -0.3 is 10.4 Å². The average Bonchev–Trinajstić information content (AvgIpc) is 2.45. The van der Waals surface area contributed by atoms with Crippen molar-refractivity contribution in [3.63, 3.8) is 0 Å². The quantitative estimate of drug-likeness (QED) is 0.861. The Morgan fingerprint density at radius 3 is 2.47 bits per heavy atom. The second-order valence-electron chi connectivity index (χ2n) is 5.67. The number of aliphatic hydroxyl groups is 1. The van der Waals surface area contributed by atoms with Crippen molar-refractivity contribution in [2.45, 2.75) is 38.6 Å². The molecular formula is C16H24ClNO. The molecule has 1 aliphatic carbocycles. The number of halogens is 1. The summed E-state index contributed by atoms with van der Waals surface area (Å²) in [5, 5.41) is 13.8. The maximum absolute atomic E-state index is 9.43. The summed E-state index contributed by atoms with van der Waals surface area (Å²) in [4.78, 5) is 0. The SMILES string of the molecule is CC(NCC1CCCCC1CO)c1ccc(Cl)cc1. The Balaban J connectivity index is 1.85. The fourth-order valence-corrected chi connectivity index (χ4v) is 3.12. The van der Waals surface area contributed by atoms with E-state index in [4.69, 9.17) is 11.6 Å². The molecule has 1 saturated carbocycles. The molecule has 3 atom stereocenters. The van der Waals surface area contributed by atoms with Crippen LogP contribution in [0.5, 0.6) is 0 Å². The third-order valence-electron chi connectivity index (χ3n) is 4.36. The molecule has 1 aromatic carbocycles. The Kier molecular flexibility index (Phi) is 5.68. The third kappa shape index (κ3) is 4.20. The van der Waals surface area contributed by atoms with E-state index in [0.717, 1.165) is 11.6 Å². The van der Waals surface area contributed by atoms with Gasteiger partial charge in [-0.3, -0.25) is 0 Å². The molecular weight excluding hydrogens is 258 g/mol. The van der Waals surface area contributed by atoms with Gasteiger partial charge >= 0.3 is 0 Å². The molecule has 2 N–H and O–H groups in total. The highest BCUT2D eigenvalue weighted by Crippen LogP contribution is 2.29. The third-order valence-corrected chi connectivity index (χ3v) is 4.61. The molecule has 0 spiro atoms. The lowest BCUT2D eigenvalue weighted by molar-refractivity contribution is 0.131. The zero-order chi connectivity index (χ0) is 13.7. The molecule has 1 fully saturated rings. The summed E-state index contributed by atoms with van der Waals surface area (Å²) in [6, 6.07) is 8.35. The topological polar surface area (TPSA) is 32.3 Å². The van der Waals surface area contributed by atoms with Crippen molar-refractivity contribution in [2.75, 3.05) is 13.2 Å². The summed E-state index contributed by atoms with van der Waals surface area (Å²) in [6.07, 6.45) is 5.00. The maximum Gasteiger partial charge on any atom is 0.0462 e. The number of aliphatic hydroxyl groups excluding tert-OH is 1. The molecule has 106 valence electrons. The summed E-state index contributed by atoms with van der Waals surface area (Å²) in [5.41, 5.74) is 1.26. The normalized spacial score (nSPS) is 25.2. The molecule has 3 heteroatoms. The van der Waals surface area contributed by atoms with Crippen LogP contribution in [0.15, 0.2) is 24.3 Å². The zero-order valence-corrected chi connectivity index (χ0v) is 12.4. The summed E-state index contributed by atoms with van der Waals surface area (Å²) in [7, 11) is 0. The molecule has 3 unspecified atom stereocenters. The maximum atomic E-state index is 9.43. The fourth-order valence-electron chi connectivity index (χ4n) is 2.99. The lowest BCUT2D eigenvalue weighted by atomic mass is 9.79. The molecule has 1 aromatic rings. The molecule has 0 aromatic heterocycles. The average molecular weight is 282 g/mol. The van der Waals surface area contributed by atoms with E-state index < -0.39 is 0 Å². The smallest absolute Gasteiger partial charge is 0.0462 e. The molecule has 19 heavy (non-hydrogen) atoms. The number of hydrogen-bond donors (Lipinski definition) is 2. The molecule has 0 heterocycles. The van der Waals surface area contributed by atoms with E-state index in [9.17, 15) is 5.11 Å². The highest BCUT2D eigenvalue weighted by molar-refractivity contribution is 6.30. The number of rotatable bonds is 5. The first-order chi connectivity index (χ1) is 9.20.